The van der Waals surface area contributed by atoms with Gasteiger partial charge in [-0.2, -0.15) is 0 Å². The zero-order chi connectivity index (χ0) is 20.1. The van der Waals surface area contributed by atoms with Crippen LogP contribution >= 0.6 is 0 Å². The highest BCUT2D eigenvalue weighted by Crippen LogP contribution is 2.69. The third-order valence-corrected chi connectivity index (χ3v) is 6.99. The molecular weight excluding hydrogens is 374 g/mol. The fourth-order valence-corrected chi connectivity index (χ4v) is 5.85. The van der Waals surface area contributed by atoms with Gasteiger partial charge in [0.05, 0.1) is 29.6 Å². The van der Waals surface area contributed by atoms with Gasteiger partial charge >= 0.3 is 0 Å². The number of epoxide rings is 1. The van der Waals surface area contributed by atoms with Crippen molar-refractivity contribution in [2.75, 3.05) is 11.5 Å². The lowest BCUT2D eigenvalue weighted by atomic mass is 9.67. The lowest BCUT2D eigenvalue weighted by Crippen LogP contribution is -2.47. The normalized spacial score (nSPS) is 39.0. The summed E-state index contributed by atoms with van der Waals surface area (Å²) in [5.41, 5.74) is -0.590. The smallest absolute Gasteiger partial charge is 0.240 e. The lowest BCUT2D eigenvalue weighted by molar-refractivity contribution is -0.146. The van der Waals surface area contributed by atoms with Crippen molar-refractivity contribution in [2.45, 2.75) is 36.8 Å². The Morgan fingerprint density at radius 1 is 1.24 bits per heavy atom. The summed E-state index contributed by atoms with van der Waals surface area (Å²) >= 11 is 0. The van der Waals surface area contributed by atoms with Crippen molar-refractivity contribution in [3.8, 4) is 0 Å². The second kappa shape index (κ2) is 5.19. The average molecular weight is 391 g/mol. The zero-order valence-electron chi connectivity index (χ0n) is 15.5. The first-order chi connectivity index (χ1) is 14.0. The number of anilines is 1. The highest BCUT2D eigenvalue weighted by molar-refractivity contribution is 6.26. The third kappa shape index (κ3) is 1.77. The van der Waals surface area contributed by atoms with Crippen molar-refractivity contribution in [1.29, 1.82) is 0 Å². The van der Waals surface area contributed by atoms with Gasteiger partial charge in [-0.3, -0.25) is 14.6 Å². The molecule has 146 valence electrons. The number of rotatable bonds is 3. The van der Waals surface area contributed by atoms with Gasteiger partial charge in [-0.1, -0.05) is 12.1 Å². The van der Waals surface area contributed by atoms with Crippen molar-refractivity contribution < 1.29 is 24.2 Å². The average Bonchev–Trinajstić information content (AvgIpc) is 3.38. The number of benzene rings is 1. The topological polar surface area (TPSA) is 96.6 Å². The predicted molar refractivity (Wildman–Crippen MR) is 100 cm³/mol. The van der Waals surface area contributed by atoms with Crippen LogP contribution in [0.3, 0.4) is 0 Å². The monoisotopic (exact) mass is 391 g/mol. The number of amides is 2. The van der Waals surface area contributed by atoms with Crippen molar-refractivity contribution in [2.24, 2.45) is 11.8 Å². The SMILES string of the molecule is [C-]#[N+]c1ccc(N2C(=O)[C@@H]3[C@H](C2=O)C2(C)OC3(CCO)[C@H]3O[C@H]32)c2cccnc12. The Balaban J connectivity index is 1.52. The summed E-state index contributed by atoms with van der Waals surface area (Å²) in [6, 6.07) is 6.70. The van der Waals surface area contributed by atoms with Crippen LogP contribution in [0.5, 0.6) is 0 Å². The van der Waals surface area contributed by atoms with Gasteiger partial charge in [0.25, 0.3) is 0 Å². The molecule has 2 aromatic rings. The molecule has 2 amide bonds. The first-order valence-electron chi connectivity index (χ1n) is 9.57. The molecule has 4 aliphatic heterocycles. The second-order valence-electron chi connectivity index (χ2n) is 8.27. The molecule has 4 aliphatic rings. The van der Waals surface area contributed by atoms with Crippen LogP contribution in [0.15, 0.2) is 30.5 Å². The van der Waals surface area contributed by atoms with Crippen molar-refractivity contribution >= 4 is 34.1 Å². The van der Waals surface area contributed by atoms with E-state index in [-0.39, 0.29) is 37.0 Å². The van der Waals surface area contributed by atoms with E-state index in [9.17, 15) is 14.7 Å². The van der Waals surface area contributed by atoms with Gasteiger partial charge in [-0.05, 0) is 19.1 Å². The van der Waals surface area contributed by atoms with Crippen LogP contribution in [0, 0.1) is 18.4 Å². The number of aliphatic hydroxyl groups excluding tert-OH is 1. The number of hydrogen-bond donors (Lipinski definition) is 1. The Kier molecular flexibility index (Phi) is 3.05. The molecule has 0 radical (unpaired) electrons. The maximum atomic E-state index is 13.6. The number of fused-ring (bicyclic) bond motifs is 9. The van der Waals surface area contributed by atoms with Gasteiger partial charge in [-0.25, -0.2) is 9.74 Å². The van der Waals surface area contributed by atoms with Crippen LogP contribution in [-0.4, -0.2) is 51.9 Å². The Morgan fingerprint density at radius 2 is 2.03 bits per heavy atom. The molecule has 0 aliphatic carbocycles. The summed E-state index contributed by atoms with van der Waals surface area (Å²) in [6.45, 7) is 9.04. The van der Waals surface area contributed by atoms with Crippen LogP contribution in [0.25, 0.3) is 15.7 Å². The predicted octanol–water partition coefficient (Wildman–Crippen LogP) is 1.58. The molecule has 1 aromatic heterocycles. The van der Waals surface area contributed by atoms with Gasteiger partial charge in [0, 0.05) is 24.6 Å². The van der Waals surface area contributed by atoms with Crippen molar-refractivity contribution in [1.82, 2.24) is 4.98 Å². The molecule has 6 atom stereocenters. The summed E-state index contributed by atoms with van der Waals surface area (Å²) in [5, 5.41) is 10.2. The summed E-state index contributed by atoms with van der Waals surface area (Å²) in [4.78, 5) is 36.1. The number of ether oxygens (including phenoxy) is 2. The molecule has 5 heterocycles. The number of nitrogens with zero attached hydrogens (tertiary/aromatic N) is 3. The van der Waals surface area contributed by atoms with Crippen LogP contribution < -0.4 is 4.90 Å². The molecular formula is C21H17N3O5. The summed E-state index contributed by atoms with van der Waals surface area (Å²) in [5.74, 6) is -2.01. The highest BCUT2D eigenvalue weighted by Gasteiger charge is 2.86. The van der Waals surface area contributed by atoms with Crippen LogP contribution in [-0.2, 0) is 19.1 Å². The number of aliphatic hydroxyl groups is 1. The van der Waals surface area contributed by atoms with E-state index in [0.29, 0.717) is 22.3 Å². The molecule has 2 bridgehead atoms. The van der Waals surface area contributed by atoms with E-state index in [1.54, 1.807) is 30.5 Å². The number of aromatic nitrogens is 1. The number of pyridine rings is 1. The molecule has 1 N–H and O–H groups in total. The largest absolute Gasteiger partial charge is 0.396 e. The second-order valence-corrected chi connectivity index (χ2v) is 8.27. The van der Waals surface area contributed by atoms with Crippen molar-refractivity contribution in [3.63, 3.8) is 0 Å². The molecule has 8 nitrogen and oxygen atoms in total. The van der Waals surface area contributed by atoms with Crippen LogP contribution in [0.1, 0.15) is 13.3 Å². The molecule has 4 saturated heterocycles. The Labute approximate surface area is 165 Å². The maximum absolute atomic E-state index is 13.6. The van der Waals surface area contributed by atoms with E-state index in [0.717, 1.165) is 0 Å². The fraction of sp³-hybridized carbons (Fsp3) is 0.429. The number of carbonyl (C=O) groups is 2. The fourth-order valence-electron chi connectivity index (χ4n) is 5.85. The third-order valence-electron chi connectivity index (χ3n) is 6.99. The van der Waals surface area contributed by atoms with E-state index >= 15 is 0 Å². The minimum atomic E-state index is -0.967. The maximum Gasteiger partial charge on any atom is 0.240 e. The Hall–Kier alpha value is -2.86. The van der Waals surface area contributed by atoms with E-state index < -0.39 is 23.0 Å². The van der Waals surface area contributed by atoms with Crippen molar-refractivity contribution in [3.05, 3.63) is 41.9 Å². The molecule has 0 spiro atoms. The van der Waals surface area contributed by atoms with Gasteiger partial charge in [0.2, 0.25) is 17.5 Å². The highest BCUT2D eigenvalue weighted by atomic mass is 16.7. The molecule has 8 heteroatoms. The lowest BCUT2D eigenvalue weighted by Gasteiger charge is -2.30. The molecule has 1 aromatic carbocycles. The first-order valence-corrected chi connectivity index (χ1v) is 9.57. The Bertz CT molecular complexity index is 1160. The van der Waals surface area contributed by atoms with E-state index in [1.807, 2.05) is 6.92 Å². The standard InChI is InChI=1S/C21H17N3O5/c1-20-13-14(21(29-20,7-9-25)17-16(20)28-17)19(27)24(18(13)26)12-6-5-11(22-2)15-10(12)4-3-8-23-15/h3-6,8,13-14,16-17,25H,7,9H2,1H3/t13-,14+,16-,17+,20?,21?/m1/s1. The number of carbonyl (C=O) groups excluding carboxylic acids is 2. The number of imide groups is 1. The van der Waals surface area contributed by atoms with Gasteiger partial charge in [0.1, 0.15) is 23.4 Å². The molecule has 6 rings (SSSR count). The van der Waals surface area contributed by atoms with Gasteiger partial charge in [0.15, 0.2) is 0 Å². The molecule has 4 fully saturated rings. The molecule has 2 unspecified atom stereocenters. The van der Waals surface area contributed by atoms with Gasteiger partial charge < -0.3 is 14.6 Å². The number of hydrogen-bond acceptors (Lipinski definition) is 6. The first kappa shape index (κ1) is 17.0. The summed E-state index contributed by atoms with van der Waals surface area (Å²) in [7, 11) is 0. The summed E-state index contributed by atoms with van der Waals surface area (Å²) < 4.78 is 12.0. The van der Waals surface area contributed by atoms with Crippen LogP contribution in [0.4, 0.5) is 11.4 Å². The molecule has 0 saturated carbocycles. The quantitative estimate of drug-likeness (QED) is 0.485. The van der Waals surface area contributed by atoms with E-state index in [4.69, 9.17) is 16.0 Å². The minimum Gasteiger partial charge on any atom is -0.396 e. The Morgan fingerprint density at radius 3 is 2.79 bits per heavy atom. The zero-order valence-corrected chi connectivity index (χ0v) is 15.5. The van der Waals surface area contributed by atoms with Crippen LogP contribution in [0.2, 0.25) is 0 Å². The van der Waals surface area contributed by atoms with Gasteiger partial charge in [-0.15, -0.1) is 0 Å². The summed E-state index contributed by atoms with van der Waals surface area (Å²) in [6.07, 6.45) is 1.34. The molecule has 29 heavy (non-hydrogen) atoms. The van der Waals surface area contributed by atoms with E-state index in [2.05, 4.69) is 9.83 Å². The van der Waals surface area contributed by atoms with E-state index in [1.165, 1.54) is 4.90 Å². The minimum absolute atomic E-state index is 0.153.